The highest BCUT2D eigenvalue weighted by molar-refractivity contribution is 5.45. The van der Waals surface area contributed by atoms with Gasteiger partial charge in [0.1, 0.15) is 5.75 Å². The maximum atomic E-state index is 9.85. The molecule has 0 atom stereocenters. The smallest absolute Gasteiger partial charge is 0.115 e. The Bertz CT molecular complexity index is 682. The molecule has 1 aromatic carbocycles. The number of hydrogen-bond acceptors (Lipinski definition) is 2. The van der Waals surface area contributed by atoms with Crippen LogP contribution in [0.1, 0.15) is 50.5 Å². The summed E-state index contributed by atoms with van der Waals surface area (Å²) in [4.78, 5) is 0. The largest absolute Gasteiger partial charge is 0.512 e. The first kappa shape index (κ1) is 14.6. The molecule has 0 saturated heterocycles. The zero-order chi connectivity index (χ0) is 16.3. The Morgan fingerprint density at radius 1 is 0.750 bits per heavy atom. The molecule has 2 heteroatoms. The summed E-state index contributed by atoms with van der Waals surface area (Å²) < 4.78 is 0. The van der Waals surface area contributed by atoms with Crippen LogP contribution in [0.5, 0.6) is 5.75 Å². The van der Waals surface area contributed by atoms with E-state index >= 15 is 0 Å². The monoisotopic (exact) mass is 322 g/mol. The van der Waals surface area contributed by atoms with Crippen molar-refractivity contribution in [3.05, 3.63) is 53.3 Å². The summed E-state index contributed by atoms with van der Waals surface area (Å²) >= 11 is 0. The van der Waals surface area contributed by atoms with Crippen molar-refractivity contribution in [2.24, 2.45) is 23.7 Å². The number of allylic oxidation sites excluding steroid dienone is 4. The summed E-state index contributed by atoms with van der Waals surface area (Å²) in [6, 6.07) is 8.05. The fourth-order valence-corrected chi connectivity index (χ4v) is 6.82. The average molecular weight is 322 g/mol. The lowest BCUT2D eigenvalue weighted by molar-refractivity contribution is -0.0452. The van der Waals surface area contributed by atoms with Gasteiger partial charge in [-0.1, -0.05) is 23.8 Å². The third-order valence-corrected chi connectivity index (χ3v) is 7.43. The van der Waals surface area contributed by atoms with Crippen LogP contribution in [0.3, 0.4) is 0 Å². The lowest BCUT2D eigenvalue weighted by Crippen LogP contribution is -2.56. The van der Waals surface area contributed by atoms with Crippen LogP contribution >= 0.6 is 0 Å². The number of aliphatic hydroxyl groups excluding tert-OH is 1. The molecule has 4 fully saturated rings. The molecule has 2 nitrogen and oxygen atoms in total. The number of phenols is 1. The highest BCUT2D eigenvalue weighted by Crippen LogP contribution is 2.66. The van der Waals surface area contributed by atoms with Crippen molar-refractivity contribution in [3.63, 3.8) is 0 Å². The minimum Gasteiger partial charge on any atom is -0.512 e. The van der Waals surface area contributed by atoms with Crippen molar-refractivity contribution in [2.75, 3.05) is 0 Å². The summed E-state index contributed by atoms with van der Waals surface area (Å²) in [6.45, 7) is 0. The summed E-state index contributed by atoms with van der Waals surface area (Å²) in [5.74, 6) is 4.21. The molecule has 0 heterocycles. The van der Waals surface area contributed by atoms with E-state index in [1.165, 1.54) is 43.2 Å². The molecule has 0 aromatic heterocycles. The Labute approximate surface area is 143 Å². The Balaban J connectivity index is 1.68. The van der Waals surface area contributed by atoms with E-state index < -0.39 is 0 Å². The van der Waals surface area contributed by atoms with Gasteiger partial charge in [0.05, 0.1) is 5.76 Å². The van der Waals surface area contributed by atoms with Gasteiger partial charge in [0, 0.05) is 11.8 Å². The molecule has 2 N–H and O–H groups in total. The van der Waals surface area contributed by atoms with E-state index in [0.29, 0.717) is 11.5 Å². The van der Waals surface area contributed by atoms with Crippen LogP contribution in [0.4, 0.5) is 0 Å². The van der Waals surface area contributed by atoms with Gasteiger partial charge < -0.3 is 10.2 Å². The van der Waals surface area contributed by atoms with Gasteiger partial charge in [-0.25, -0.2) is 0 Å². The van der Waals surface area contributed by atoms with E-state index in [1.54, 1.807) is 0 Å². The predicted octanol–water partition coefficient (Wildman–Crippen LogP) is 5.25. The maximum absolute atomic E-state index is 9.85. The highest BCUT2D eigenvalue weighted by Gasteiger charge is 2.59. The topological polar surface area (TPSA) is 40.5 Å². The first-order valence-electron chi connectivity index (χ1n) is 9.55. The molecule has 24 heavy (non-hydrogen) atoms. The Hall–Kier alpha value is -1.70. The lowest BCUT2D eigenvalue weighted by atomic mass is 9.41. The number of phenolic OH excluding ortho intramolecular Hbond substituents is 1. The van der Waals surface area contributed by atoms with Crippen molar-refractivity contribution in [2.45, 2.75) is 50.4 Å². The second-order valence-electron chi connectivity index (χ2n) is 8.57. The van der Waals surface area contributed by atoms with E-state index in [4.69, 9.17) is 0 Å². The molecular formula is C22H26O2. The zero-order valence-corrected chi connectivity index (χ0v) is 14.1. The van der Waals surface area contributed by atoms with Crippen molar-refractivity contribution >= 4 is 0 Å². The average Bonchev–Trinajstić information content (AvgIpc) is 2.57. The molecule has 0 amide bonds. The number of aliphatic hydroxyl groups is 1. The minimum absolute atomic E-state index is 0.137. The molecule has 6 rings (SSSR count). The number of benzene rings is 1. The first-order valence-corrected chi connectivity index (χ1v) is 9.55. The summed E-state index contributed by atoms with van der Waals surface area (Å²) in [6.07, 6.45) is 12.8. The summed E-state index contributed by atoms with van der Waals surface area (Å²) in [5.41, 5.74) is 3.06. The van der Waals surface area contributed by atoms with E-state index in [-0.39, 0.29) is 5.41 Å². The number of hydrogen-bond donors (Lipinski definition) is 2. The molecule has 4 saturated carbocycles. The van der Waals surface area contributed by atoms with Gasteiger partial charge in [0.15, 0.2) is 0 Å². The molecule has 4 bridgehead atoms. The van der Waals surface area contributed by atoms with Crippen LogP contribution in [0.25, 0.3) is 0 Å². The van der Waals surface area contributed by atoms with Crippen LogP contribution in [-0.2, 0) is 5.41 Å². The van der Waals surface area contributed by atoms with Crippen molar-refractivity contribution < 1.29 is 10.2 Å². The fraction of sp³-hybridized carbons (Fsp3) is 0.545. The first-order chi connectivity index (χ1) is 11.7. The molecule has 0 unspecified atom stereocenters. The number of rotatable bonds is 2. The van der Waals surface area contributed by atoms with Crippen LogP contribution in [0.15, 0.2) is 47.7 Å². The fourth-order valence-electron chi connectivity index (χ4n) is 6.82. The summed E-state index contributed by atoms with van der Waals surface area (Å²) in [5, 5.41) is 19.6. The van der Waals surface area contributed by atoms with E-state index in [0.717, 1.165) is 36.5 Å². The Morgan fingerprint density at radius 3 is 1.92 bits per heavy atom. The van der Waals surface area contributed by atoms with Crippen LogP contribution < -0.4 is 0 Å². The van der Waals surface area contributed by atoms with Gasteiger partial charge in [0.2, 0.25) is 0 Å². The zero-order valence-electron chi connectivity index (χ0n) is 14.1. The Morgan fingerprint density at radius 2 is 1.38 bits per heavy atom. The van der Waals surface area contributed by atoms with E-state index in [9.17, 15) is 10.2 Å². The van der Waals surface area contributed by atoms with E-state index in [2.05, 4.69) is 18.2 Å². The molecule has 5 aliphatic carbocycles. The molecule has 126 valence electrons. The standard InChI is InChI=1S/C22H26O2/c23-20-5-1-16(2-6-20)22(17-3-7-21(24)8-4-17)18-10-14-9-15(12-18)13-19(22)11-14/h1-3,5-7,14-15,18-19,23-24H,4,8-13H2. The molecule has 5 aliphatic rings. The molecule has 0 aliphatic heterocycles. The van der Waals surface area contributed by atoms with Crippen LogP contribution in [0.2, 0.25) is 0 Å². The van der Waals surface area contributed by atoms with Gasteiger partial charge in [-0.15, -0.1) is 0 Å². The molecule has 1 aromatic rings. The van der Waals surface area contributed by atoms with Crippen LogP contribution in [-0.4, -0.2) is 10.2 Å². The second kappa shape index (κ2) is 5.15. The normalized spacial score (nSPS) is 40.3. The number of aromatic hydroxyl groups is 1. The summed E-state index contributed by atoms with van der Waals surface area (Å²) in [7, 11) is 0. The van der Waals surface area contributed by atoms with Gasteiger partial charge in [-0.3, -0.25) is 0 Å². The van der Waals surface area contributed by atoms with Gasteiger partial charge >= 0.3 is 0 Å². The molecule has 0 spiro atoms. The van der Waals surface area contributed by atoms with Gasteiger partial charge in [0.25, 0.3) is 0 Å². The van der Waals surface area contributed by atoms with Crippen molar-refractivity contribution in [1.82, 2.24) is 0 Å². The quantitative estimate of drug-likeness (QED) is 0.781. The van der Waals surface area contributed by atoms with E-state index in [1.807, 2.05) is 18.2 Å². The third-order valence-electron chi connectivity index (χ3n) is 7.43. The van der Waals surface area contributed by atoms with Gasteiger partial charge in [-0.05, 0) is 86.0 Å². The third kappa shape index (κ3) is 1.95. The Kier molecular flexibility index (Phi) is 3.14. The second-order valence-corrected chi connectivity index (χ2v) is 8.57. The van der Waals surface area contributed by atoms with Crippen LogP contribution in [0, 0.1) is 23.7 Å². The molecule has 0 radical (unpaired) electrons. The predicted molar refractivity (Wildman–Crippen MR) is 94.9 cm³/mol. The minimum atomic E-state index is 0.137. The highest BCUT2D eigenvalue weighted by atomic mass is 16.3. The van der Waals surface area contributed by atoms with Crippen molar-refractivity contribution in [1.29, 1.82) is 0 Å². The lowest BCUT2D eigenvalue weighted by Gasteiger charge is -2.63. The maximum Gasteiger partial charge on any atom is 0.115 e. The van der Waals surface area contributed by atoms with Crippen molar-refractivity contribution in [3.8, 4) is 5.75 Å². The molecular weight excluding hydrogens is 296 g/mol. The SMILES string of the molecule is OC1=CC=C(C2(c3ccc(O)cc3)C3CC4CC(C3)CC2C4)CC1. The van der Waals surface area contributed by atoms with Gasteiger partial charge in [-0.2, -0.15) is 0 Å².